The first kappa shape index (κ1) is 21.5. The Labute approximate surface area is 184 Å². The van der Waals surface area contributed by atoms with Crippen LogP contribution in [-0.2, 0) is 16.2 Å². The Morgan fingerprint density at radius 3 is 2.26 bits per heavy atom. The molecule has 0 unspecified atom stereocenters. The van der Waals surface area contributed by atoms with Gasteiger partial charge in [-0.3, -0.25) is 14.7 Å². The third-order valence-corrected chi connectivity index (χ3v) is 6.54. The molecule has 0 aliphatic carbocycles. The molecule has 2 aromatic rings. The summed E-state index contributed by atoms with van der Waals surface area (Å²) < 4.78 is 0. The SMILES string of the molecule is CON=C(c1ccccc1)C1CCN(C(=O)C2CCN(Cc3ccncc3)CC2)CC1. The van der Waals surface area contributed by atoms with Gasteiger partial charge in [-0.25, -0.2) is 0 Å². The topological polar surface area (TPSA) is 58.0 Å². The van der Waals surface area contributed by atoms with E-state index in [1.807, 2.05) is 30.6 Å². The lowest BCUT2D eigenvalue weighted by Crippen LogP contribution is -2.46. The fourth-order valence-corrected chi connectivity index (χ4v) is 4.79. The molecule has 3 heterocycles. The van der Waals surface area contributed by atoms with Gasteiger partial charge in [0.25, 0.3) is 0 Å². The number of piperidine rings is 2. The summed E-state index contributed by atoms with van der Waals surface area (Å²) in [5.41, 5.74) is 3.39. The predicted molar refractivity (Wildman–Crippen MR) is 122 cm³/mol. The molecule has 0 atom stereocenters. The number of carbonyl (C=O) groups excluding carboxylic acids is 1. The number of pyridine rings is 1. The lowest BCUT2D eigenvalue weighted by Gasteiger charge is -2.37. The molecule has 0 saturated carbocycles. The number of nitrogens with zero attached hydrogens (tertiary/aromatic N) is 4. The Morgan fingerprint density at radius 1 is 0.968 bits per heavy atom. The van der Waals surface area contributed by atoms with Crippen molar-refractivity contribution in [2.45, 2.75) is 32.2 Å². The molecule has 0 spiro atoms. The molecule has 1 aromatic carbocycles. The number of hydrogen-bond acceptors (Lipinski definition) is 5. The first-order valence-electron chi connectivity index (χ1n) is 11.3. The second kappa shape index (κ2) is 10.5. The molecular formula is C25H32N4O2. The second-order valence-electron chi connectivity index (χ2n) is 8.53. The number of hydrogen-bond donors (Lipinski definition) is 0. The van der Waals surface area contributed by atoms with Crippen molar-refractivity contribution in [3.63, 3.8) is 0 Å². The van der Waals surface area contributed by atoms with Crippen molar-refractivity contribution in [3.8, 4) is 0 Å². The van der Waals surface area contributed by atoms with Gasteiger partial charge in [-0.15, -0.1) is 0 Å². The van der Waals surface area contributed by atoms with Crippen molar-refractivity contribution in [1.29, 1.82) is 0 Å². The Hall–Kier alpha value is -2.73. The molecule has 0 bridgehead atoms. The zero-order valence-corrected chi connectivity index (χ0v) is 18.3. The third kappa shape index (κ3) is 5.50. The lowest BCUT2D eigenvalue weighted by molar-refractivity contribution is -0.138. The number of oxime groups is 1. The van der Waals surface area contributed by atoms with E-state index in [1.54, 1.807) is 7.11 Å². The van der Waals surface area contributed by atoms with Crippen LogP contribution >= 0.6 is 0 Å². The maximum Gasteiger partial charge on any atom is 0.225 e. The zero-order valence-electron chi connectivity index (χ0n) is 18.3. The van der Waals surface area contributed by atoms with Crippen molar-refractivity contribution >= 4 is 11.6 Å². The van der Waals surface area contributed by atoms with E-state index in [9.17, 15) is 4.79 Å². The molecular weight excluding hydrogens is 388 g/mol. The molecule has 1 amide bonds. The molecule has 2 aliphatic heterocycles. The summed E-state index contributed by atoms with van der Waals surface area (Å²) in [7, 11) is 1.60. The number of carbonyl (C=O) groups is 1. The molecule has 0 radical (unpaired) electrons. The van der Waals surface area contributed by atoms with Gasteiger partial charge in [0.15, 0.2) is 0 Å². The fourth-order valence-electron chi connectivity index (χ4n) is 4.79. The summed E-state index contributed by atoms with van der Waals surface area (Å²) in [4.78, 5) is 26.9. The van der Waals surface area contributed by atoms with E-state index in [2.05, 4.69) is 44.2 Å². The van der Waals surface area contributed by atoms with Crippen LogP contribution in [-0.4, -0.2) is 59.7 Å². The molecule has 2 saturated heterocycles. The van der Waals surface area contributed by atoms with Gasteiger partial charge in [0.2, 0.25) is 5.91 Å². The van der Waals surface area contributed by atoms with Crippen LogP contribution < -0.4 is 0 Å². The van der Waals surface area contributed by atoms with Gasteiger partial charge in [-0.2, -0.15) is 0 Å². The van der Waals surface area contributed by atoms with Gasteiger partial charge in [0.05, 0.1) is 5.71 Å². The minimum atomic E-state index is 0.159. The van der Waals surface area contributed by atoms with Crippen LogP contribution in [0.15, 0.2) is 60.0 Å². The highest BCUT2D eigenvalue weighted by molar-refractivity contribution is 6.02. The van der Waals surface area contributed by atoms with Crippen molar-refractivity contribution in [3.05, 3.63) is 66.0 Å². The minimum absolute atomic E-state index is 0.159. The van der Waals surface area contributed by atoms with Crippen molar-refractivity contribution < 1.29 is 9.63 Å². The molecule has 2 aliphatic rings. The number of aromatic nitrogens is 1. The van der Waals surface area contributed by atoms with Crippen molar-refractivity contribution in [2.75, 3.05) is 33.3 Å². The number of likely N-dealkylation sites (tertiary alicyclic amines) is 2. The standard InChI is InChI=1S/C25H32N4O2/c1-31-27-24(21-5-3-2-4-6-21)22-11-17-29(18-12-22)25(30)23-9-15-28(16-10-23)19-20-7-13-26-14-8-20/h2-8,13-14,22-23H,9-12,15-19H2,1H3. The molecule has 164 valence electrons. The highest BCUT2D eigenvalue weighted by Crippen LogP contribution is 2.27. The smallest absolute Gasteiger partial charge is 0.225 e. The van der Waals surface area contributed by atoms with Gasteiger partial charge >= 0.3 is 0 Å². The van der Waals surface area contributed by atoms with Crippen LogP contribution in [0.3, 0.4) is 0 Å². The normalized spacial score (nSPS) is 19.4. The first-order chi connectivity index (χ1) is 15.2. The highest BCUT2D eigenvalue weighted by atomic mass is 16.6. The lowest BCUT2D eigenvalue weighted by atomic mass is 9.87. The monoisotopic (exact) mass is 420 g/mol. The largest absolute Gasteiger partial charge is 0.399 e. The van der Waals surface area contributed by atoms with Crippen molar-refractivity contribution in [1.82, 2.24) is 14.8 Å². The molecule has 6 nitrogen and oxygen atoms in total. The van der Waals surface area contributed by atoms with E-state index in [1.165, 1.54) is 5.56 Å². The predicted octanol–water partition coefficient (Wildman–Crippen LogP) is 3.58. The molecule has 6 heteroatoms. The molecule has 4 rings (SSSR count). The van der Waals surface area contributed by atoms with Crippen LogP contribution in [0.25, 0.3) is 0 Å². The van der Waals surface area contributed by atoms with Crippen LogP contribution in [0.4, 0.5) is 0 Å². The van der Waals surface area contributed by atoms with E-state index in [4.69, 9.17) is 4.84 Å². The van der Waals surface area contributed by atoms with Gasteiger partial charge in [-0.05, 0) is 62.0 Å². The average Bonchev–Trinajstić information content (AvgIpc) is 2.84. The minimum Gasteiger partial charge on any atom is -0.399 e. The zero-order chi connectivity index (χ0) is 21.5. The summed E-state index contributed by atoms with van der Waals surface area (Å²) in [6, 6.07) is 14.4. The number of amides is 1. The summed E-state index contributed by atoms with van der Waals surface area (Å²) in [5.74, 6) is 0.826. The summed E-state index contributed by atoms with van der Waals surface area (Å²) in [5, 5.41) is 4.32. The molecule has 1 aromatic heterocycles. The number of rotatable bonds is 6. The maximum absolute atomic E-state index is 13.1. The van der Waals surface area contributed by atoms with Gasteiger partial charge < -0.3 is 9.74 Å². The van der Waals surface area contributed by atoms with Gasteiger partial charge in [-0.1, -0.05) is 35.5 Å². The van der Waals surface area contributed by atoms with Crippen LogP contribution in [0.2, 0.25) is 0 Å². The fraction of sp³-hybridized carbons (Fsp3) is 0.480. The van der Waals surface area contributed by atoms with Gasteiger partial charge in [0.1, 0.15) is 7.11 Å². The van der Waals surface area contributed by atoms with E-state index in [-0.39, 0.29) is 5.92 Å². The van der Waals surface area contributed by atoms with E-state index < -0.39 is 0 Å². The van der Waals surface area contributed by atoms with Gasteiger partial charge in [0, 0.05) is 43.9 Å². The van der Waals surface area contributed by atoms with E-state index >= 15 is 0 Å². The summed E-state index contributed by atoms with van der Waals surface area (Å²) in [6.45, 7) is 4.50. The Bertz CT molecular complexity index is 856. The Balaban J connectivity index is 1.27. The summed E-state index contributed by atoms with van der Waals surface area (Å²) in [6.07, 6.45) is 7.45. The first-order valence-corrected chi connectivity index (χ1v) is 11.3. The third-order valence-electron chi connectivity index (χ3n) is 6.54. The molecule has 0 N–H and O–H groups in total. The number of benzene rings is 1. The quantitative estimate of drug-likeness (QED) is 0.529. The second-order valence-corrected chi connectivity index (χ2v) is 8.53. The average molecular weight is 421 g/mol. The van der Waals surface area contributed by atoms with E-state index in [0.29, 0.717) is 11.8 Å². The highest BCUT2D eigenvalue weighted by Gasteiger charge is 2.32. The summed E-state index contributed by atoms with van der Waals surface area (Å²) >= 11 is 0. The Morgan fingerprint density at radius 2 is 1.61 bits per heavy atom. The van der Waals surface area contributed by atoms with E-state index in [0.717, 1.165) is 69.7 Å². The Kier molecular flexibility index (Phi) is 7.30. The van der Waals surface area contributed by atoms with Crippen molar-refractivity contribution in [2.24, 2.45) is 17.0 Å². The molecule has 31 heavy (non-hydrogen) atoms. The van der Waals surface area contributed by atoms with Crippen LogP contribution in [0.1, 0.15) is 36.8 Å². The maximum atomic E-state index is 13.1. The van der Waals surface area contributed by atoms with Crippen LogP contribution in [0, 0.1) is 11.8 Å². The van der Waals surface area contributed by atoms with Crippen LogP contribution in [0.5, 0.6) is 0 Å². The molecule has 2 fully saturated rings.